The van der Waals surface area contributed by atoms with Crippen molar-refractivity contribution in [2.45, 2.75) is 18.8 Å². The van der Waals surface area contributed by atoms with E-state index in [0.717, 1.165) is 18.9 Å². The van der Waals surface area contributed by atoms with Gasteiger partial charge in [-0.05, 0) is 18.2 Å². The molecule has 0 aromatic carbocycles. The minimum Gasteiger partial charge on any atom is -0.390 e. The van der Waals surface area contributed by atoms with Crippen molar-refractivity contribution in [3.05, 3.63) is 36.8 Å². The van der Waals surface area contributed by atoms with Crippen molar-refractivity contribution in [3.63, 3.8) is 0 Å². The number of β-amino-alcohol motifs (C(OH)–C–C–N with tert-alkyl or cyclic N) is 1. The minimum atomic E-state index is -0.443. The first-order valence-corrected chi connectivity index (χ1v) is 7.80. The molecule has 2 aromatic heterocycles. The number of hydrogen-bond donors (Lipinski definition) is 2. The van der Waals surface area contributed by atoms with Crippen LogP contribution in [0.25, 0.3) is 0 Å². The summed E-state index contributed by atoms with van der Waals surface area (Å²) in [7, 11) is 0. The smallest absolute Gasteiger partial charge is 0.148 e. The second kappa shape index (κ2) is 8.00. The normalized spacial score (nSPS) is 20.3. The van der Waals surface area contributed by atoms with E-state index in [9.17, 15) is 5.11 Å². The molecule has 0 bridgehead atoms. The van der Waals surface area contributed by atoms with Gasteiger partial charge in [-0.15, -0.1) is 5.10 Å². The number of nitrogens with one attached hydrogen (secondary N) is 1. The Bertz CT molecular complexity index is 565. The van der Waals surface area contributed by atoms with Crippen molar-refractivity contribution in [3.8, 4) is 0 Å². The van der Waals surface area contributed by atoms with Crippen LogP contribution in [0.1, 0.15) is 0 Å². The molecule has 3 heterocycles. The molecular formula is C15H22N6O2. The van der Waals surface area contributed by atoms with Gasteiger partial charge in [0.2, 0.25) is 0 Å². The fourth-order valence-electron chi connectivity index (χ4n) is 2.66. The van der Waals surface area contributed by atoms with Crippen LogP contribution in [0.15, 0.2) is 36.8 Å². The van der Waals surface area contributed by atoms with Crippen LogP contribution in [-0.4, -0.2) is 75.0 Å². The molecule has 0 radical (unpaired) electrons. The van der Waals surface area contributed by atoms with Crippen molar-refractivity contribution >= 4 is 5.82 Å². The predicted molar refractivity (Wildman–Crippen MR) is 84.9 cm³/mol. The van der Waals surface area contributed by atoms with E-state index in [-0.39, 0.29) is 6.10 Å². The molecule has 8 nitrogen and oxygen atoms in total. The Morgan fingerprint density at radius 1 is 1.35 bits per heavy atom. The number of ether oxygens (including phenoxy) is 1. The van der Waals surface area contributed by atoms with Gasteiger partial charge < -0.3 is 15.2 Å². The van der Waals surface area contributed by atoms with Crippen molar-refractivity contribution in [2.24, 2.45) is 0 Å². The molecule has 1 aliphatic rings. The number of morpholine rings is 1. The van der Waals surface area contributed by atoms with Crippen LogP contribution in [0, 0.1) is 0 Å². The molecule has 124 valence electrons. The number of aromatic nitrogens is 4. The first kappa shape index (κ1) is 15.9. The Morgan fingerprint density at radius 2 is 2.30 bits per heavy atom. The number of aliphatic hydroxyl groups excluding tert-OH is 1. The van der Waals surface area contributed by atoms with E-state index in [1.165, 1.54) is 0 Å². The summed E-state index contributed by atoms with van der Waals surface area (Å²) in [6.07, 6.45) is 4.85. The monoisotopic (exact) mass is 318 g/mol. The molecule has 2 N–H and O–H groups in total. The lowest BCUT2D eigenvalue weighted by atomic mass is 10.2. The third kappa shape index (κ3) is 4.98. The molecule has 1 saturated heterocycles. The molecule has 0 saturated carbocycles. The molecule has 1 fully saturated rings. The molecule has 8 heteroatoms. The fourth-order valence-corrected chi connectivity index (χ4v) is 2.66. The van der Waals surface area contributed by atoms with E-state index in [1.54, 1.807) is 17.1 Å². The Kier molecular flexibility index (Phi) is 5.51. The Morgan fingerprint density at radius 3 is 3.09 bits per heavy atom. The molecule has 1 aliphatic heterocycles. The number of anilines is 1. The van der Waals surface area contributed by atoms with Crippen molar-refractivity contribution in [1.29, 1.82) is 0 Å². The highest BCUT2D eigenvalue weighted by Gasteiger charge is 2.22. The first-order chi connectivity index (χ1) is 11.3. The SMILES string of the molecule is O[C@H](CN1CCO[C@H](CNc2cccnn2)C1)Cn1cccn1. The maximum atomic E-state index is 10.2. The molecule has 23 heavy (non-hydrogen) atoms. The van der Waals surface area contributed by atoms with Gasteiger partial charge in [-0.3, -0.25) is 9.58 Å². The summed E-state index contributed by atoms with van der Waals surface area (Å²) < 4.78 is 7.51. The average Bonchev–Trinajstić information content (AvgIpc) is 3.07. The molecule has 0 spiro atoms. The lowest BCUT2D eigenvalue weighted by Gasteiger charge is -2.34. The second-order valence-electron chi connectivity index (χ2n) is 5.62. The van der Waals surface area contributed by atoms with Gasteiger partial charge in [0.25, 0.3) is 0 Å². The van der Waals surface area contributed by atoms with Gasteiger partial charge in [0.1, 0.15) is 5.82 Å². The summed E-state index contributed by atoms with van der Waals surface area (Å²) >= 11 is 0. The first-order valence-electron chi connectivity index (χ1n) is 7.80. The molecule has 0 aliphatic carbocycles. The zero-order valence-electron chi connectivity index (χ0n) is 13.0. The van der Waals surface area contributed by atoms with E-state index in [0.29, 0.717) is 26.2 Å². The predicted octanol–water partition coefficient (Wildman–Crippen LogP) is -0.153. The maximum Gasteiger partial charge on any atom is 0.148 e. The Hall–Kier alpha value is -2.03. The summed E-state index contributed by atoms with van der Waals surface area (Å²) in [6, 6.07) is 5.58. The highest BCUT2D eigenvalue weighted by molar-refractivity contribution is 5.31. The average molecular weight is 318 g/mol. The lowest BCUT2D eigenvalue weighted by molar-refractivity contribution is -0.0358. The molecule has 0 unspecified atom stereocenters. The number of aliphatic hydroxyl groups is 1. The van der Waals surface area contributed by atoms with Crippen LogP contribution in [0.2, 0.25) is 0 Å². The summed E-state index contributed by atoms with van der Waals surface area (Å²) in [5, 5.41) is 25.4. The molecule has 0 amide bonds. The standard InChI is InChI=1S/C15H22N6O2/c22-13(11-21-6-2-5-18-21)10-20-7-8-23-14(12-20)9-16-15-3-1-4-17-19-15/h1-6,13-14,22H,7-12H2,(H,16,19)/t13-,14-/m1/s1. The number of hydrogen-bond acceptors (Lipinski definition) is 7. The van der Waals surface area contributed by atoms with Gasteiger partial charge in [0, 0.05) is 44.8 Å². The van der Waals surface area contributed by atoms with Crippen LogP contribution in [-0.2, 0) is 11.3 Å². The quantitative estimate of drug-likeness (QED) is 0.734. The molecular weight excluding hydrogens is 296 g/mol. The summed E-state index contributed by atoms with van der Waals surface area (Å²) in [5.41, 5.74) is 0. The van der Waals surface area contributed by atoms with Crippen LogP contribution >= 0.6 is 0 Å². The molecule has 2 aromatic rings. The number of rotatable bonds is 7. The summed E-state index contributed by atoms with van der Waals surface area (Å²) in [5.74, 6) is 0.743. The minimum absolute atomic E-state index is 0.0719. The van der Waals surface area contributed by atoms with Gasteiger partial charge in [0.05, 0.1) is 25.4 Å². The van der Waals surface area contributed by atoms with Crippen LogP contribution in [0.4, 0.5) is 5.82 Å². The van der Waals surface area contributed by atoms with Crippen molar-refractivity contribution < 1.29 is 9.84 Å². The van der Waals surface area contributed by atoms with Gasteiger partial charge in [-0.2, -0.15) is 10.2 Å². The van der Waals surface area contributed by atoms with Crippen molar-refractivity contribution in [2.75, 3.05) is 38.1 Å². The zero-order chi connectivity index (χ0) is 15.9. The summed E-state index contributed by atoms with van der Waals surface area (Å²) in [6.45, 7) is 4.07. The molecule has 3 rings (SSSR count). The van der Waals surface area contributed by atoms with E-state index < -0.39 is 6.10 Å². The van der Waals surface area contributed by atoms with Crippen LogP contribution in [0.5, 0.6) is 0 Å². The van der Waals surface area contributed by atoms with Crippen LogP contribution < -0.4 is 5.32 Å². The molecule has 2 atom stereocenters. The van der Waals surface area contributed by atoms with E-state index in [1.807, 2.05) is 24.4 Å². The highest BCUT2D eigenvalue weighted by atomic mass is 16.5. The fraction of sp³-hybridized carbons (Fsp3) is 0.533. The van der Waals surface area contributed by atoms with E-state index >= 15 is 0 Å². The van der Waals surface area contributed by atoms with Crippen LogP contribution in [0.3, 0.4) is 0 Å². The Balaban J connectivity index is 1.42. The van der Waals surface area contributed by atoms with E-state index in [2.05, 4.69) is 25.5 Å². The maximum absolute atomic E-state index is 10.2. The second-order valence-corrected chi connectivity index (χ2v) is 5.62. The van der Waals surface area contributed by atoms with Gasteiger partial charge in [0.15, 0.2) is 0 Å². The van der Waals surface area contributed by atoms with E-state index in [4.69, 9.17) is 4.74 Å². The zero-order valence-corrected chi connectivity index (χ0v) is 13.0. The topological polar surface area (TPSA) is 88.3 Å². The van der Waals surface area contributed by atoms with Gasteiger partial charge in [-0.25, -0.2) is 0 Å². The Labute approximate surface area is 135 Å². The van der Waals surface area contributed by atoms with Gasteiger partial charge >= 0.3 is 0 Å². The highest BCUT2D eigenvalue weighted by Crippen LogP contribution is 2.08. The largest absolute Gasteiger partial charge is 0.390 e. The summed E-state index contributed by atoms with van der Waals surface area (Å²) in [4.78, 5) is 2.22. The third-order valence-corrected chi connectivity index (χ3v) is 3.73. The van der Waals surface area contributed by atoms with Gasteiger partial charge in [-0.1, -0.05) is 0 Å². The lowest BCUT2D eigenvalue weighted by Crippen LogP contribution is -2.48. The van der Waals surface area contributed by atoms with Crippen molar-refractivity contribution in [1.82, 2.24) is 24.9 Å². The third-order valence-electron chi connectivity index (χ3n) is 3.73. The number of nitrogens with zero attached hydrogens (tertiary/aromatic N) is 5.